The molecule has 5 rings (SSSR count). The second kappa shape index (κ2) is 10.7. The van der Waals surface area contributed by atoms with Gasteiger partial charge in [-0.25, -0.2) is 4.39 Å². The number of benzene rings is 3. The molecule has 1 N–H and O–H groups in total. The summed E-state index contributed by atoms with van der Waals surface area (Å²) in [5.41, 5.74) is 4.48. The third kappa shape index (κ3) is 5.22. The predicted molar refractivity (Wildman–Crippen MR) is 144 cm³/mol. The number of aromatic nitrogens is 1. The number of carbonyl (C=O) groups excluding carboxylic acids is 2. The second-order valence-corrected chi connectivity index (χ2v) is 9.55. The Kier molecular flexibility index (Phi) is 7.22. The molecule has 37 heavy (non-hydrogen) atoms. The van der Waals surface area contributed by atoms with Crippen molar-refractivity contribution in [2.24, 2.45) is 0 Å². The van der Waals surface area contributed by atoms with Gasteiger partial charge in [0.25, 0.3) is 11.8 Å². The van der Waals surface area contributed by atoms with Crippen LogP contribution in [0.25, 0.3) is 11.1 Å². The van der Waals surface area contributed by atoms with Crippen molar-refractivity contribution in [2.45, 2.75) is 19.4 Å². The molecule has 0 bridgehead atoms. The Hall–Kier alpha value is -3.74. The van der Waals surface area contributed by atoms with E-state index in [4.69, 9.17) is 23.2 Å². The summed E-state index contributed by atoms with van der Waals surface area (Å²) in [5, 5.41) is 3.50. The third-order valence-electron chi connectivity index (χ3n) is 6.36. The molecule has 8 heteroatoms. The van der Waals surface area contributed by atoms with Gasteiger partial charge >= 0.3 is 0 Å². The number of anilines is 1. The number of aryl methyl sites for hydroxylation is 1. The van der Waals surface area contributed by atoms with Gasteiger partial charge in [-0.05, 0) is 84.1 Å². The molecule has 0 unspecified atom stereocenters. The number of pyridine rings is 1. The molecule has 0 atom stereocenters. The van der Waals surface area contributed by atoms with Crippen LogP contribution in [0.3, 0.4) is 0 Å². The Bertz CT molecular complexity index is 1470. The summed E-state index contributed by atoms with van der Waals surface area (Å²) in [4.78, 5) is 31.6. The number of rotatable bonds is 5. The highest BCUT2D eigenvalue weighted by Crippen LogP contribution is 2.36. The Morgan fingerprint density at radius 1 is 0.973 bits per heavy atom. The summed E-state index contributed by atoms with van der Waals surface area (Å²) < 4.78 is 14.4. The summed E-state index contributed by atoms with van der Waals surface area (Å²) in [6.07, 6.45) is 4.83. The zero-order chi connectivity index (χ0) is 25.9. The molecule has 3 aromatic carbocycles. The summed E-state index contributed by atoms with van der Waals surface area (Å²) >= 11 is 12.7. The quantitative estimate of drug-likeness (QED) is 0.309. The molecular formula is C29H22Cl2FN3O2. The fourth-order valence-corrected chi connectivity index (χ4v) is 4.96. The second-order valence-electron chi connectivity index (χ2n) is 8.73. The molecule has 1 aliphatic heterocycles. The van der Waals surface area contributed by atoms with E-state index in [0.29, 0.717) is 34.9 Å². The fraction of sp³-hybridized carbons (Fsp3) is 0.138. The summed E-state index contributed by atoms with van der Waals surface area (Å²) in [6, 6.07) is 18.7. The van der Waals surface area contributed by atoms with E-state index in [1.807, 2.05) is 30.3 Å². The average Bonchev–Trinajstić information content (AvgIpc) is 2.91. The van der Waals surface area contributed by atoms with E-state index in [0.717, 1.165) is 29.5 Å². The third-order valence-corrected chi connectivity index (χ3v) is 7.01. The molecule has 0 spiro atoms. The first-order valence-corrected chi connectivity index (χ1v) is 12.5. The van der Waals surface area contributed by atoms with Gasteiger partial charge in [0.15, 0.2) is 0 Å². The van der Waals surface area contributed by atoms with Crippen LogP contribution < -0.4 is 10.2 Å². The Labute approximate surface area is 223 Å². The lowest BCUT2D eigenvalue weighted by Gasteiger charge is -2.30. The minimum atomic E-state index is -0.646. The lowest BCUT2D eigenvalue weighted by atomic mass is 9.94. The SMILES string of the molecule is O=C(NCc1ccncc1)c1ccc(Cl)c(-c2ccc3c(c2)CCCN3C(=O)c2c(F)cccc2Cl)c1. The lowest BCUT2D eigenvalue weighted by molar-refractivity contribution is 0.0949. The minimum absolute atomic E-state index is 0.0829. The number of nitrogens with one attached hydrogen (secondary N) is 1. The summed E-state index contributed by atoms with van der Waals surface area (Å²) in [7, 11) is 0. The van der Waals surface area contributed by atoms with Crippen LogP contribution in [0.1, 0.15) is 38.3 Å². The minimum Gasteiger partial charge on any atom is -0.348 e. The molecule has 0 saturated carbocycles. The maximum absolute atomic E-state index is 14.4. The van der Waals surface area contributed by atoms with Crippen molar-refractivity contribution >= 4 is 40.7 Å². The first kappa shape index (κ1) is 24.9. The van der Waals surface area contributed by atoms with E-state index < -0.39 is 11.7 Å². The lowest BCUT2D eigenvalue weighted by Crippen LogP contribution is -2.36. The molecular weight excluding hydrogens is 512 g/mol. The van der Waals surface area contributed by atoms with Crippen LogP contribution in [0.5, 0.6) is 0 Å². The van der Waals surface area contributed by atoms with Crippen molar-refractivity contribution in [1.29, 1.82) is 0 Å². The van der Waals surface area contributed by atoms with Gasteiger partial charge in [0, 0.05) is 47.3 Å². The van der Waals surface area contributed by atoms with E-state index in [9.17, 15) is 14.0 Å². The van der Waals surface area contributed by atoms with E-state index in [1.54, 1.807) is 35.5 Å². The van der Waals surface area contributed by atoms with Crippen LogP contribution >= 0.6 is 23.2 Å². The van der Waals surface area contributed by atoms with Crippen molar-refractivity contribution < 1.29 is 14.0 Å². The summed E-state index contributed by atoms with van der Waals surface area (Å²) in [5.74, 6) is -1.33. The van der Waals surface area contributed by atoms with Gasteiger partial charge in [0.2, 0.25) is 0 Å². The number of carbonyl (C=O) groups is 2. The van der Waals surface area contributed by atoms with E-state index in [1.165, 1.54) is 18.2 Å². The number of hydrogen-bond donors (Lipinski definition) is 1. The molecule has 4 aromatic rings. The fourth-order valence-electron chi connectivity index (χ4n) is 4.49. The molecule has 0 aliphatic carbocycles. The molecule has 0 saturated heterocycles. The predicted octanol–water partition coefficient (Wildman–Crippen LogP) is 6.72. The average molecular weight is 534 g/mol. The maximum Gasteiger partial charge on any atom is 0.262 e. The zero-order valence-corrected chi connectivity index (χ0v) is 21.2. The van der Waals surface area contributed by atoms with E-state index >= 15 is 0 Å². The molecule has 1 aliphatic rings. The molecule has 186 valence electrons. The van der Waals surface area contributed by atoms with Crippen LogP contribution in [-0.4, -0.2) is 23.3 Å². The van der Waals surface area contributed by atoms with Crippen molar-refractivity contribution in [3.05, 3.63) is 117 Å². The van der Waals surface area contributed by atoms with Gasteiger partial charge < -0.3 is 10.2 Å². The number of nitrogens with zero attached hydrogens (tertiary/aromatic N) is 2. The first-order valence-electron chi connectivity index (χ1n) is 11.8. The number of fused-ring (bicyclic) bond motifs is 1. The van der Waals surface area contributed by atoms with Crippen molar-refractivity contribution in [1.82, 2.24) is 10.3 Å². The highest BCUT2D eigenvalue weighted by Gasteiger charge is 2.27. The molecule has 2 amide bonds. The van der Waals surface area contributed by atoms with Crippen LogP contribution in [0.2, 0.25) is 10.0 Å². The Balaban J connectivity index is 1.41. The number of halogens is 3. The van der Waals surface area contributed by atoms with E-state index in [-0.39, 0.29) is 16.5 Å². The van der Waals surface area contributed by atoms with E-state index in [2.05, 4.69) is 10.3 Å². The van der Waals surface area contributed by atoms with Crippen molar-refractivity contribution in [3.8, 4) is 11.1 Å². The van der Waals surface area contributed by atoms with Crippen molar-refractivity contribution in [2.75, 3.05) is 11.4 Å². The highest BCUT2D eigenvalue weighted by molar-refractivity contribution is 6.34. The van der Waals surface area contributed by atoms with Crippen LogP contribution in [-0.2, 0) is 13.0 Å². The van der Waals surface area contributed by atoms with Gasteiger partial charge in [-0.3, -0.25) is 14.6 Å². The molecule has 0 radical (unpaired) electrons. The van der Waals surface area contributed by atoms with Crippen molar-refractivity contribution in [3.63, 3.8) is 0 Å². The standard InChI is InChI=1S/C29H22Cl2FN3O2/c30-23-8-6-21(28(36)34-17-18-10-12-33-13-11-18)16-22(23)19-7-9-26-20(15-19)3-2-14-35(26)29(37)27-24(31)4-1-5-25(27)32/h1,4-13,15-16H,2-3,14,17H2,(H,34,36). The Morgan fingerprint density at radius 3 is 2.57 bits per heavy atom. The smallest absolute Gasteiger partial charge is 0.262 e. The van der Waals surface area contributed by atoms with Gasteiger partial charge in [0.05, 0.1) is 10.6 Å². The Morgan fingerprint density at radius 2 is 1.78 bits per heavy atom. The monoisotopic (exact) mass is 533 g/mol. The number of amides is 2. The summed E-state index contributed by atoms with van der Waals surface area (Å²) in [6.45, 7) is 0.845. The topological polar surface area (TPSA) is 62.3 Å². The van der Waals surface area contributed by atoms with Crippen LogP contribution in [0.4, 0.5) is 10.1 Å². The van der Waals surface area contributed by atoms with Gasteiger partial charge in [-0.15, -0.1) is 0 Å². The molecule has 2 heterocycles. The van der Waals surface area contributed by atoms with Gasteiger partial charge in [-0.1, -0.05) is 35.3 Å². The first-order chi connectivity index (χ1) is 17.9. The molecule has 1 aromatic heterocycles. The molecule has 0 fully saturated rings. The molecule has 5 nitrogen and oxygen atoms in total. The zero-order valence-electron chi connectivity index (χ0n) is 19.7. The largest absolute Gasteiger partial charge is 0.348 e. The van der Waals surface area contributed by atoms with Crippen LogP contribution in [0.15, 0.2) is 79.1 Å². The maximum atomic E-state index is 14.4. The van der Waals surface area contributed by atoms with Gasteiger partial charge in [0.1, 0.15) is 5.82 Å². The van der Waals surface area contributed by atoms with Crippen LogP contribution in [0, 0.1) is 5.82 Å². The highest BCUT2D eigenvalue weighted by atomic mass is 35.5. The van der Waals surface area contributed by atoms with Gasteiger partial charge in [-0.2, -0.15) is 0 Å². The normalized spacial score (nSPS) is 12.7. The number of hydrogen-bond acceptors (Lipinski definition) is 3.